The average Bonchev–Trinajstić information content (AvgIpc) is 2.44. The highest BCUT2D eigenvalue weighted by Gasteiger charge is 2.11. The lowest BCUT2D eigenvalue weighted by Gasteiger charge is -2.12. The Morgan fingerprint density at radius 2 is 1.70 bits per heavy atom. The molecule has 0 radical (unpaired) electrons. The van der Waals surface area contributed by atoms with Crippen molar-refractivity contribution >= 4 is 21.8 Å². The molecule has 0 aromatic heterocycles. The van der Waals surface area contributed by atoms with Gasteiger partial charge in [0.05, 0.1) is 4.83 Å². The van der Waals surface area contributed by atoms with E-state index in [1.165, 1.54) is 0 Å². The Balaban J connectivity index is 1.98. The van der Waals surface area contributed by atoms with Crippen LogP contribution in [0.4, 0.5) is 0 Å². The van der Waals surface area contributed by atoms with E-state index in [1.807, 2.05) is 56.3 Å². The van der Waals surface area contributed by atoms with Crippen molar-refractivity contribution in [2.24, 2.45) is 0 Å². The first-order chi connectivity index (χ1) is 9.56. The summed E-state index contributed by atoms with van der Waals surface area (Å²) in [5, 5.41) is 2.97. The molecule has 3 heteroatoms. The van der Waals surface area contributed by atoms with E-state index in [1.54, 1.807) is 0 Å². The molecule has 0 aliphatic rings. The molecule has 104 valence electrons. The fourth-order valence-electron chi connectivity index (χ4n) is 2.17. The molecular weight excluding hydrogens is 314 g/mol. The van der Waals surface area contributed by atoms with Crippen molar-refractivity contribution in [1.29, 1.82) is 0 Å². The molecule has 0 bridgehead atoms. The molecule has 2 aromatic carbocycles. The van der Waals surface area contributed by atoms with Crippen LogP contribution in [0.5, 0.6) is 0 Å². The van der Waals surface area contributed by atoms with Crippen molar-refractivity contribution in [1.82, 2.24) is 5.32 Å². The van der Waals surface area contributed by atoms with Crippen LogP contribution in [0, 0.1) is 13.8 Å². The molecule has 0 heterocycles. The molecule has 0 fully saturated rings. The van der Waals surface area contributed by atoms with Crippen LogP contribution in [0.2, 0.25) is 0 Å². The SMILES string of the molecule is Cc1cc(C)cc(C(=O)NCC(Br)c2ccccc2)c1. The molecule has 0 spiro atoms. The largest absolute Gasteiger partial charge is 0.351 e. The van der Waals surface area contributed by atoms with E-state index in [0.29, 0.717) is 6.54 Å². The van der Waals surface area contributed by atoms with E-state index < -0.39 is 0 Å². The Labute approximate surface area is 128 Å². The van der Waals surface area contributed by atoms with Gasteiger partial charge in [-0.3, -0.25) is 4.79 Å². The van der Waals surface area contributed by atoms with Gasteiger partial charge in [-0.25, -0.2) is 0 Å². The molecular formula is C17H18BrNO. The average molecular weight is 332 g/mol. The summed E-state index contributed by atoms with van der Waals surface area (Å²) in [6.45, 7) is 4.57. The second-order valence-electron chi connectivity index (χ2n) is 4.96. The Hall–Kier alpha value is -1.61. The van der Waals surface area contributed by atoms with E-state index >= 15 is 0 Å². The zero-order valence-corrected chi connectivity index (χ0v) is 13.3. The monoisotopic (exact) mass is 331 g/mol. The number of nitrogens with one attached hydrogen (secondary N) is 1. The molecule has 1 atom stereocenters. The Kier molecular flexibility index (Phi) is 4.96. The van der Waals surface area contributed by atoms with Crippen molar-refractivity contribution in [2.45, 2.75) is 18.7 Å². The summed E-state index contributed by atoms with van der Waals surface area (Å²) in [4.78, 5) is 12.3. The molecule has 0 aliphatic heterocycles. The number of carbonyl (C=O) groups is 1. The van der Waals surface area contributed by atoms with Gasteiger partial charge >= 0.3 is 0 Å². The number of halogens is 1. The Bertz CT molecular complexity index is 575. The highest BCUT2D eigenvalue weighted by Crippen LogP contribution is 2.21. The number of hydrogen-bond acceptors (Lipinski definition) is 1. The summed E-state index contributed by atoms with van der Waals surface area (Å²) in [5.41, 5.74) is 4.09. The number of hydrogen-bond donors (Lipinski definition) is 1. The third kappa shape index (κ3) is 3.94. The first kappa shape index (κ1) is 14.8. The van der Waals surface area contributed by atoms with Gasteiger partial charge in [0.2, 0.25) is 0 Å². The molecule has 1 amide bonds. The second kappa shape index (κ2) is 6.71. The van der Waals surface area contributed by atoms with E-state index in [4.69, 9.17) is 0 Å². The van der Waals surface area contributed by atoms with Crippen LogP contribution >= 0.6 is 15.9 Å². The summed E-state index contributed by atoms with van der Waals surface area (Å²) in [5.74, 6) is -0.0304. The summed E-state index contributed by atoms with van der Waals surface area (Å²) >= 11 is 3.60. The van der Waals surface area contributed by atoms with Gasteiger partial charge in [0.25, 0.3) is 5.91 Å². The maximum absolute atomic E-state index is 12.2. The summed E-state index contributed by atoms with van der Waals surface area (Å²) in [6, 6.07) is 15.9. The predicted molar refractivity (Wildman–Crippen MR) is 86.4 cm³/mol. The first-order valence-corrected chi connectivity index (χ1v) is 7.53. The highest BCUT2D eigenvalue weighted by molar-refractivity contribution is 9.09. The van der Waals surface area contributed by atoms with Crippen molar-refractivity contribution in [3.05, 3.63) is 70.8 Å². The first-order valence-electron chi connectivity index (χ1n) is 6.62. The van der Waals surface area contributed by atoms with Crippen LogP contribution in [0.15, 0.2) is 48.5 Å². The van der Waals surface area contributed by atoms with Crippen molar-refractivity contribution in [2.75, 3.05) is 6.54 Å². The van der Waals surface area contributed by atoms with Crippen molar-refractivity contribution < 1.29 is 4.79 Å². The normalized spacial score (nSPS) is 11.9. The lowest BCUT2D eigenvalue weighted by Crippen LogP contribution is -2.26. The van der Waals surface area contributed by atoms with Gasteiger partial charge in [-0.15, -0.1) is 0 Å². The number of rotatable bonds is 4. The quantitative estimate of drug-likeness (QED) is 0.837. The smallest absolute Gasteiger partial charge is 0.251 e. The second-order valence-corrected chi connectivity index (χ2v) is 6.07. The van der Waals surface area contributed by atoms with Crippen LogP contribution in [0.25, 0.3) is 0 Å². The van der Waals surface area contributed by atoms with Gasteiger partial charge < -0.3 is 5.32 Å². The van der Waals surface area contributed by atoms with E-state index in [0.717, 1.165) is 22.3 Å². The number of amides is 1. The van der Waals surface area contributed by atoms with Crippen molar-refractivity contribution in [3.8, 4) is 0 Å². The standard InChI is InChI=1S/C17H18BrNO/c1-12-8-13(2)10-15(9-12)17(20)19-11-16(18)14-6-4-3-5-7-14/h3-10,16H,11H2,1-2H3,(H,19,20). The van der Waals surface area contributed by atoms with E-state index in [2.05, 4.69) is 27.3 Å². The molecule has 2 nitrogen and oxygen atoms in total. The number of benzene rings is 2. The zero-order valence-electron chi connectivity index (χ0n) is 11.7. The summed E-state index contributed by atoms with van der Waals surface area (Å²) in [6.07, 6.45) is 0. The number of aryl methyl sites for hydroxylation is 2. The van der Waals surface area contributed by atoms with E-state index in [9.17, 15) is 4.79 Å². The predicted octanol–water partition coefficient (Wildman–Crippen LogP) is 4.17. The van der Waals surface area contributed by atoms with Gasteiger partial charge in [0.1, 0.15) is 0 Å². The van der Waals surface area contributed by atoms with E-state index in [-0.39, 0.29) is 10.7 Å². The third-order valence-corrected chi connectivity index (χ3v) is 3.94. The topological polar surface area (TPSA) is 29.1 Å². The molecule has 2 aromatic rings. The van der Waals surface area contributed by atoms with Crippen LogP contribution in [-0.4, -0.2) is 12.5 Å². The molecule has 0 saturated carbocycles. The Morgan fingerprint density at radius 3 is 2.30 bits per heavy atom. The summed E-state index contributed by atoms with van der Waals surface area (Å²) in [7, 11) is 0. The maximum atomic E-state index is 12.2. The molecule has 2 rings (SSSR count). The molecule has 0 saturated heterocycles. The van der Waals surface area contributed by atoms with Gasteiger partial charge in [-0.2, -0.15) is 0 Å². The fraction of sp³-hybridized carbons (Fsp3) is 0.235. The number of carbonyl (C=O) groups excluding carboxylic acids is 1. The van der Waals surface area contributed by atoms with Gasteiger partial charge in [0.15, 0.2) is 0 Å². The van der Waals surface area contributed by atoms with Gasteiger partial charge in [-0.05, 0) is 31.5 Å². The van der Waals surface area contributed by atoms with Crippen LogP contribution in [-0.2, 0) is 0 Å². The highest BCUT2D eigenvalue weighted by atomic mass is 79.9. The molecule has 1 unspecified atom stereocenters. The minimum atomic E-state index is -0.0304. The minimum absolute atomic E-state index is 0.0304. The summed E-state index contributed by atoms with van der Waals surface area (Å²) < 4.78 is 0. The van der Waals surface area contributed by atoms with Gasteiger partial charge in [0, 0.05) is 12.1 Å². The maximum Gasteiger partial charge on any atom is 0.251 e. The Morgan fingerprint density at radius 1 is 1.10 bits per heavy atom. The lowest BCUT2D eigenvalue weighted by molar-refractivity contribution is 0.0954. The zero-order chi connectivity index (χ0) is 14.5. The third-order valence-electron chi connectivity index (χ3n) is 3.09. The number of alkyl halides is 1. The fourth-order valence-corrected chi connectivity index (χ4v) is 2.64. The van der Waals surface area contributed by atoms with Crippen molar-refractivity contribution in [3.63, 3.8) is 0 Å². The van der Waals surface area contributed by atoms with Gasteiger partial charge in [-0.1, -0.05) is 63.5 Å². The molecule has 1 N–H and O–H groups in total. The lowest BCUT2D eigenvalue weighted by atomic mass is 10.1. The molecule has 20 heavy (non-hydrogen) atoms. The molecule has 0 aliphatic carbocycles. The van der Waals surface area contributed by atoms with Crippen LogP contribution < -0.4 is 5.32 Å². The minimum Gasteiger partial charge on any atom is -0.351 e. The van der Waals surface area contributed by atoms with Crippen LogP contribution in [0.3, 0.4) is 0 Å². The van der Waals surface area contributed by atoms with Crippen LogP contribution in [0.1, 0.15) is 31.9 Å².